The Balaban J connectivity index is 2.18. The van der Waals surface area contributed by atoms with Crippen LogP contribution in [0.2, 0.25) is 0 Å². The Morgan fingerprint density at radius 1 is 1.27 bits per heavy atom. The molecule has 1 saturated carbocycles. The van der Waals surface area contributed by atoms with Crippen LogP contribution in [0.25, 0.3) is 0 Å². The molecule has 2 nitrogen and oxygen atoms in total. The van der Waals surface area contributed by atoms with Crippen molar-refractivity contribution in [3.05, 3.63) is 22.7 Å². The maximum absolute atomic E-state index is 4.09. The van der Waals surface area contributed by atoms with Crippen molar-refractivity contribution in [3.8, 4) is 0 Å². The van der Waals surface area contributed by atoms with Crippen molar-refractivity contribution in [2.75, 3.05) is 0 Å². The minimum atomic E-state index is 0.681. The summed E-state index contributed by atoms with van der Waals surface area (Å²) in [6.45, 7) is 0. The molecule has 3 heteroatoms. The van der Waals surface area contributed by atoms with E-state index in [-0.39, 0.29) is 0 Å². The van der Waals surface area contributed by atoms with Gasteiger partial charge < -0.3 is 0 Å². The molecule has 0 spiro atoms. The Hall–Kier alpha value is -0.440. The number of nitrogens with zero attached hydrogens (tertiary/aromatic N) is 2. The number of hydrogen-bond acceptors (Lipinski definition) is 2. The maximum atomic E-state index is 4.09. The van der Waals surface area contributed by atoms with Gasteiger partial charge in [0.2, 0.25) is 0 Å². The molecule has 1 aliphatic rings. The summed E-state index contributed by atoms with van der Waals surface area (Å²) in [4.78, 5) is 8.18. The zero-order valence-corrected chi connectivity index (χ0v) is 7.71. The number of hydrogen-bond donors (Lipinski definition) is 0. The zero-order valence-electron chi connectivity index (χ0n) is 6.13. The highest BCUT2D eigenvalue weighted by Gasteiger charge is 2.19. The van der Waals surface area contributed by atoms with Crippen LogP contribution in [0, 0.1) is 0 Å². The molecule has 0 amide bonds. The fourth-order valence-electron chi connectivity index (χ4n) is 1.27. The number of aromatic nitrogens is 2. The van der Waals surface area contributed by atoms with E-state index in [4.69, 9.17) is 0 Å². The predicted octanol–water partition coefficient (Wildman–Crippen LogP) is 2.51. The second-order valence-electron chi connectivity index (χ2n) is 2.91. The van der Waals surface area contributed by atoms with E-state index >= 15 is 0 Å². The van der Waals surface area contributed by atoms with Crippen LogP contribution < -0.4 is 0 Å². The van der Waals surface area contributed by atoms with Crippen molar-refractivity contribution >= 4 is 15.9 Å². The molecule has 1 aromatic rings. The highest BCUT2D eigenvalue weighted by atomic mass is 79.9. The van der Waals surface area contributed by atoms with Crippen LogP contribution in [-0.4, -0.2) is 9.97 Å². The van der Waals surface area contributed by atoms with E-state index < -0.39 is 0 Å². The first-order chi connectivity index (χ1) is 5.36. The van der Waals surface area contributed by atoms with Gasteiger partial charge in [-0.05, 0) is 40.3 Å². The van der Waals surface area contributed by atoms with Crippen molar-refractivity contribution in [3.63, 3.8) is 0 Å². The second kappa shape index (κ2) is 2.89. The van der Waals surface area contributed by atoms with E-state index in [9.17, 15) is 0 Å². The van der Waals surface area contributed by atoms with Gasteiger partial charge in [-0.15, -0.1) is 0 Å². The quantitative estimate of drug-likeness (QED) is 0.669. The van der Waals surface area contributed by atoms with Gasteiger partial charge in [0.15, 0.2) is 4.73 Å². The molecule has 0 aliphatic heterocycles. The normalized spacial score (nSPS) is 17.9. The molecule has 0 radical (unpaired) electrons. The molecule has 2 rings (SSSR count). The first kappa shape index (κ1) is 7.22. The van der Waals surface area contributed by atoms with Crippen LogP contribution in [0.1, 0.15) is 30.7 Å². The first-order valence-electron chi connectivity index (χ1n) is 3.84. The van der Waals surface area contributed by atoms with E-state index in [0.29, 0.717) is 4.73 Å². The van der Waals surface area contributed by atoms with E-state index in [1.165, 1.54) is 24.8 Å². The van der Waals surface area contributed by atoms with Crippen molar-refractivity contribution in [1.82, 2.24) is 9.97 Å². The van der Waals surface area contributed by atoms with Crippen molar-refractivity contribution in [2.45, 2.75) is 25.2 Å². The van der Waals surface area contributed by atoms with Gasteiger partial charge in [0, 0.05) is 12.4 Å². The topological polar surface area (TPSA) is 25.8 Å². The van der Waals surface area contributed by atoms with Crippen LogP contribution in [0.5, 0.6) is 0 Å². The van der Waals surface area contributed by atoms with Gasteiger partial charge in [-0.25, -0.2) is 9.97 Å². The van der Waals surface area contributed by atoms with Crippen LogP contribution >= 0.6 is 15.9 Å². The van der Waals surface area contributed by atoms with Gasteiger partial charge in [-0.2, -0.15) is 0 Å². The van der Waals surface area contributed by atoms with E-state index in [1.807, 2.05) is 12.4 Å². The molecule has 0 bridgehead atoms. The average molecular weight is 213 g/mol. The summed E-state index contributed by atoms with van der Waals surface area (Å²) in [7, 11) is 0. The highest BCUT2D eigenvalue weighted by Crippen LogP contribution is 2.35. The molecule has 0 aromatic carbocycles. The third kappa shape index (κ3) is 1.43. The molecule has 11 heavy (non-hydrogen) atoms. The minimum Gasteiger partial charge on any atom is -0.230 e. The largest absolute Gasteiger partial charge is 0.230 e. The molecule has 58 valence electrons. The molecule has 0 N–H and O–H groups in total. The summed E-state index contributed by atoms with van der Waals surface area (Å²) in [6, 6.07) is 0. The Kier molecular flexibility index (Phi) is 1.90. The molecule has 0 saturated heterocycles. The summed E-state index contributed by atoms with van der Waals surface area (Å²) >= 11 is 3.21. The molecule has 1 fully saturated rings. The van der Waals surface area contributed by atoms with E-state index in [2.05, 4.69) is 25.9 Å². The summed E-state index contributed by atoms with van der Waals surface area (Å²) < 4.78 is 0.681. The standard InChI is InChI=1S/C8H9BrN2/c9-8-10-4-7(5-11-8)6-2-1-3-6/h4-6H,1-3H2. The summed E-state index contributed by atoms with van der Waals surface area (Å²) in [5.41, 5.74) is 1.29. The lowest BCUT2D eigenvalue weighted by molar-refractivity contribution is 0.417. The molecule has 0 atom stereocenters. The van der Waals surface area contributed by atoms with Gasteiger partial charge in [0.25, 0.3) is 0 Å². The fourth-order valence-corrected chi connectivity index (χ4v) is 1.48. The van der Waals surface area contributed by atoms with Gasteiger partial charge in [-0.3, -0.25) is 0 Å². The number of halogens is 1. The van der Waals surface area contributed by atoms with E-state index in [1.54, 1.807) is 0 Å². The lowest BCUT2D eigenvalue weighted by atomic mass is 9.81. The minimum absolute atomic E-state index is 0.681. The van der Waals surface area contributed by atoms with Crippen LogP contribution in [0.3, 0.4) is 0 Å². The van der Waals surface area contributed by atoms with Crippen LogP contribution in [0.15, 0.2) is 17.1 Å². The Bertz CT molecular complexity index is 241. The van der Waals surface area contributed by atoms with Crippen LogP contribution in [0.4, 0.5) is 0 Å². The fraction of sp³-hybridized carbons (Fsp3) is 0.500. The first-order valence-corrected chi connectivity index (χ1v) is 4.63. The summed E-state index contributed by atoms with van der Waals surface area (Å²) in [5.74, 6) is 0.739. The van der Waals surface area contributed by atoms with Crippen molar-refractivity contribution < 1.29 is 0 Å². The Morgan fingerprint density at radius 2 is 1.91 bits per heavy atom. The lowest BCUT2D eigenvalue weighted by Crippen LogP contribution is -2.09. The Labute approximate surface area is 74.2 Å². The van der Waals surface area contributed by atoms with Crippen LogP contribution in [-0.2, 0) is 0 Å². The van der Waals surface area contributed by atoms with Crippen molar-refractivity contribution in [2.24, 2.45) is 0 Å². The number of rotatable bonds is 1. The Morgan fingerprint density at radius 3 is 2.36 bits per heavy atom. The monoisotopic (exact) mass is 212 g/mol. The average Bonchev–Trinajstić information content (AvgIpc) is 1.90. The molecule has 0 unspecified atom stereocenters. The molecule has 1 heterocycles. The van der Waals surface area contributed by atoms with Gasteiger partial charge >= 0.3 is 0 Å². The van der Waals surface area contributed by atoms with E-state index in [0.717, 1.165) is 5.92 Å². The van der Waals surface area contributed by atoms with Gasteiger partial charge in [0.05, 0.1) is 0 Å². The van der Waals surface area contributed by atoms with Gasteiger partial charge in [-0.1, -0.05) is 6.42 Å². The van der Waals surface area contributed by atoms with Crippen molar-refractivity contribution in [1.29, 1.82) is 0 Å². The zero-order chi connectivity index (χ0) is 7.68. The molecular weight excluding hydrogens is 204 g/mol. The third-order valence-corrected chi connectivity index (χ3v) is 2.63. The SMILES string of the molecule is Brc1ncc(C2CCC2)cn1. The smallest absolute Gasteiger partial charge is 0.196 e. The maximum Gasteiger partial charge on any atom is 0.196 e. The summed E-state index contributed by atoms with van der Waals surface area (Å²) in [5, 5.41) is 0. The highest BCUT2D eigenvalue weighted by molar-refractivity contribution is 9.10. The molecule has 1 aliphatic carbocycles. The molecular formula is C8H9BrN2. The third-order valence-electron chi connectivity index (χ3n) is 2.22. The summed E-state index contributed by atoms with van der Waals surface area (Å²) in [6.07, 6.45) is 7.82. The predicted molar refractivity (Wildman–Crippen MR) is 46.3 cm³/mol. The molecule has 1 aromatic heterocycles. The van der Waals surface area contributed by atoms with Gasteiger partial charge in [0.1, 0.15) is 0 Å². The second-order valence-corrected chi connectivity index (χ2v) is 3.62. The lowest BCUT2D eigenvalue weighted by Gasteiger charge is -2.24.